The summed E-state index contributed by atoms with van der Waals surface area (Å²) >= 11 is 0. The molecule has 0 bridgehead atoms. The fourth-order valence-electron chi connectivity index (χ4n) is 2.51. The van der Waals surface area contributed by atoms with Gasteiger partial charge in [-0.25, -0.2) is 0 Å². The van der Waals surface area contributed by atoms with E-state index in [1.165, 1.54) is 5.56 Å². The van der Waals surface area contributed by atoms with Gasteiger partial charge in [0.1, 0.15) is 0 Å². The molecule has 0 aromatic carbocycles. The van der Waals surface area contributed by atoms with Crippen LogP contribution in [0.3, 0.4) is 0 Å². The second kappa shape index (κ2) is 4.55. The molecule has 1 aliphatic heterocycles. The standard InChI is InChI=1S/C12H21N3O/c1-10-12(9-13,5-6-16-10)4-3-11-7-14-15(2)8-11/h7-8,10H,3-6,9,13H2,1-2H3. The van der Waals surface area contributed by atoms with Gasteiger partial charge < -0.3 is 10.5 Å². The number of nitrogens with zero attached hydrogens (tertiary/aromatic N) is 2. The quantitative estimate of drug-likeness (QED) is 0.832. The van der Waals surface area contributed by atoms with Gasteiger partial charge in [0, 0.05) is 31.8 Å². The number of rotatable bonds is 4. The summed E-state index contributed by atoms with van der Waals surface area (Å²) in [5.41, 5.74) is 7.39. The maximum absolute atomic E-state index is 5.93. The zero-order valence-corrected chi connectivity index (χ0v) is 10.1. The molecule has 0 amide bonds. The van der Waals surface area contributed by atoms with Crippen LogP contribution in [0.25, 0.3) is 0 Å². The number of hydrogen-bond donors (Lipinski definition) is 1. The number of aryl methyl sites for hydroxylation is 2. The highest BCUT2D eigenvalue weighted by Gasteiger charge is 2.39. The minimum atomic E-state index is 0.176. The third-order valence-electron chi connectivity index (χ3n) is 3.91. The van der Waals surface area contributed by atoms with E-state index in [9.17, 15) is 0 Å². The van der Waals surface area contributed by atoms with Crippen molar-refractivity contribution in [3.05, 3.63) is 18.0 Å². The molecule has 2 rings (SSSR count). The minimum Gasteiger partial charge on any atom is -0.378 e. The molecule has 4 nitrogen and oxygen atoms in total. The third-order valence-corrected chi connectivity index (χ3v) is 3.91. The molecule has 90 valence electrons. The van der Waals surface area contributed by atoms with Crippen molar-refractivity contribution in [1.82, 2.24) is 9.78 Å². The highest BCUT2D eigenvalue weighted by Crippen LogP contribution is 2.38. The molecule has 0 saturated carbocycles. The summed E-state index contributed by atoms with van der Waals surface area (Å²) in [6.45, 7) is 3.71. The molecule has 1 aliphatic rings. The van der Waals surface area contributed by atoms with Crippen molar-refractivity contribution in [2.24, 2.45) is 18.2 Å². The van der Waals surface area contributed by atoms with Gasteiger partial charge in [-0.15, -0.1) is 0 Å². The van der Waals surface area contributed by atoms with Crippen molar-refractivity contribution in [1.29, 1.82) is 0 Å². The van der Waals surface area contributed by atoms with Crippen LogP contribution in [0.1, 0.15) is 25.3 Å². The van der Waals surface area contributed by atoms with E-state index >= 15 is 0 Å². The average Bonchev–Trinajstić information content (AvgIpc) is 2.83. The van der Waals surface area contributed by atoms with Gasteiger partial charge in [-0.1, -0.05) is 0 Å². The number of aromatic nitrogens is 2. The molecule has 1 fully saturated rings. The van der Waals surface area contributed by atoms with Crippen LogP contribution in [-0.4, -0.2) is 29.0 Å². The molecule has 4 heteroatoms. The Balaban J connectivity index is 1.97. The molecule has 1 aromatic rings. The van der Waals surface area contributed by atoms with E-state index in [-0.39, 0.29) is 11.5 Å². The summed E-state index contributed by atoms with van der Waals surface area (Å²) in [7, 11) is 1.95. The fourth-order valence-corrected chi connectivity index (χ4v) is 2.51. The van der Waals surface area contributed by atoms with Crippen LogP contribution in [0.5, 0.6) is 0 Å². The van der Waals surface area contributed by atoms with E-state index in [0.29, 0.717) is 6.54 Å². The molecule has 0 spiro atoms. The lowest BCUT2D eigenvalue weighted by atomic mass is 9.77. The predicted octanol–water partition coefficient (Wildman–Crippen LogP) is 1.11. The van der Waals surface area contributed by atoms with Crippen LogP contribution in [0, 0.1) is 5.41 Å². The molecule has 2 heterocycles. The van der Waals surface area contributed by atoms with Crippen molar-refractivity contribution >= 4 is 0 Å². The number of nitrogens with two attached hydrogens (primary N) is 1. The van der Waals surface area contributed by atoms with Crippen LogP contribution >= 0.6 is 0 Å². The Morgan fingerprint density at radius 3 is 3.00 bits per heavy atom. The van der Waals surface area contributed by atoms with Crippen molar-refractivity contribution in [3.8, 4) is 0 Å². The smallest absolute Gasteiger partial charge is 0.0616 e. The van der Waals surface area contributed by atoms with E-state index in [2.05, 4.69) is 18.2 Å². The third kappa shape index (κ3) is 2.13. The number of ether oxygens (including phenoxy) is 1. The van der Waals surface area contributed by atoms with Gasteiger partial charge in [-0.05, 0) is 31.7 Å². The van der Waals surface area contributed by atoms with Gasteiger partial charge in [0.2, 0.25) is 0 Å². The Bertz CT molecular complexity index is 350. The molecule has 1 saturated heterocycles. The van der Waals surface area contributed by atoms with Gasteiger partial charge >= 0.3 is 0 Å². The normalized spacial score (nSPS) is 29.8. The minimum absolute atomic E-state index is 0.176. The zero-order chi connectivity index (χ0) is 11.6. The van der Waals surface area contributed by atoms with Crippen molar-refractivity contribution in [3.63, 3.8) is 0 Å². The van der Waals surface area contributed by atoms with Crippen LogP contribution in [0.15, 0.2) is 12.4 Å². The average molecular weight is 223 g/mol. The fraction of sp³-hybridized carbons (Fsp3) is 0.750. The lowest BCUT2D eigenvalue weighted by molar-refractivity contribution is 0.0631. The zero-order valence-electron chi connectivity index (χ0n) is 10.1. The summed E-state index contributed by atoms with van der Waals surface area (Å²) in [6, 6.07) is 0. The maximum Gasteiger partial charge on any atom is 0.0616 e. The highest BCUT2D eigenvalue weighted by molar-refractivity contribution is 5.05. The largest absolute Gasteiger partial charge is 0.378 e. The van der Waals surface area contributed by atoms with Crippen molar-refractivity contribution in [2.75, 3.05) is 13.2 Å². The first-order valence-corrected chi connectivity index (χ1v) is 5.95. The lowest BCUT2D eigenvalue weighted by Crippen LogP contribution is -2.37. The van der Waals surface area contributed by atoms with Crippen LogP contribution in [0.4, 0.5) is 0 Å². The molecular weight excluding hydrogens is 202 g/mol. The van der Waals surface area contributed by atoms with Gasteiger partial charge in [0.15, 0.2) is 0 Å². The van der Waals surface area contributed by atoms with E-state index in [0.717, 1.165) is 25.9 Å². The SMILES string of the molecule is CC1OCCC1(CN)CCc1cnn(C)c1. The Morgan fingerprint density at radius 2 is 2.50 bits per heavy atom. The number of hydrogen-bond acceptors (Lipinski definition) is 3. The summed E-state index contributed by atoms with van der Waals surface area (Å²) in [5, 5.41) is 4.18. The summed E-state index contributed by atoms with van der Waals surface area (Å²) in [4.78, 5) is 0. The monoisotopic (exact) mass is 223 g/mol. The molecule has 2 N–H and O–H groups in total. The van der Waals surface area contributed by atoms with Crippen molar-refractivity contribution in [2.45, 2.75) is 32.3 Å². The molecular formula is C12H21N3O. The van der Waals surface area contributed by atoms with E-state index in [1.807, 2.05) is 17.9 Å². The van der Waals surface area contributed by atoms with E-state index in [4.69, 9.17) is 10.5 Å². The van der Waals surface area contributed by atoms with Crippen molar-refractivity contribution < 1.29 is 4.74 Å². The van der Waals surface area contributed by atoms with Crippen LogP contribution in [0.2, 0.25) is 0 Å². The molecule has 0 aliphatic carbocycles. The summed E-state index contributed by atoms with van der Waals surface area (Å²) < 4.78 is 7.50. The highest BCUT2D eigenvalue weighted by atomic mass is 16.5. The topological polar surface area (TPSA) is 53.1 Å². The van der Waals surface area contributed by atoms with E-state index < -0.39 is 0 Å². The van der Waals surface area contributed by atoms with Gasteiger partial charge in [-0.3, -0.25) is 4.68 Å². The molecule has 16 heavy (non-hydrogen) atoms. The summed E-state index contributed by atoms with van der Waals surface area (Å²) in [5.74, 6) is 0. The maximum atomic E-state index is 5.93. The van der Waals surface area contributed by atoms with E-state index in [1.54, 1.807) is 0 Å². The van der Waals surface area contributed by atoms with Crippen LogP contribution < -0.4 is 5.73 Å². The Kier molecular flexibility index (Phi) is 3.30. The predicted molar refractivity (Wildman–Crippen MR) is 63.0 cm³/mol. The van der Waals surface area contributed by atoms with Gasteiger partial charge in [0.05, 0.1) is 12.3 Å². The Labute approximate surface area is 96.8 Å². The first-order valence-electron chi connectivity index (χ1n) is 5.95. The van der Waals surface area contributed by atoms with Crippen LogP contribution in [-0.2, 0) is 18.2 Å². The van der Waals surface area contributed by atoms with Gasteiger partial charge in [-0.2, -0.15) is 5.10 Å². The first-order chi connectivity index (χ1) is 7.66. The molecule has 2 unspecified atom stereocenters. The summed E-state index contributed by atoms with van der Waals surface area (Å²) in [6.07, 6.45) is 7.52. The molecule has 2 atom stereocenters. The first kappa shape index (κ1) is 11.6. The Morgan fingerprint density at radius 1 is 1.69 bits per heavy atom. The Hall–Kier alpha value is -0.870. The molecule has 0 radical (unpaired) electrons. The lowest BCUT2D eigenvalue weighted by Gasteiger charge is -2.30. The second-order valence-electron chi connectivity index (χ2n) is 4.85. The van der Waals surface area contributed by atoms with Gasteiger partial charge in [0.25, 0.3) is 0 Å². The second-order valence-corrected chi connectivity index (χ2v) is 4.85. The molecule has 1 aromatic heterocycles.